The molecule has 2 aromatic carbocycles. The van der Waals surface area contributed by atoms with Gasteiger partial charge in [-0.25, -0.2) is 0 Å². The van der Waals surface area contributed by atoms with Crippen LogP contribution in [0.15, 0.2) is 60.7 Å². The predicted octanol–water partition coefficient (Wildman–Crippen LogP) is 6.64. The fourth-order valence-electron chi connectivity index (χ4n) is 4.51. The van der Waals surface area contributed by atoms with E-state index in [-0.39, 0.29) is 23.3 Å². The van der Waals surface area contributed by atoms with E-state index in [1.165, 1.54) is 4.88 Å². The zero-order valence-electron chi connectivity index (χ0n) is 19.8. The Morgan fingerprint density at radius 3 is 2.24 bits per heavy atom. The molecule has 2 atom stereocenters. The zero-order valence-corrected chi connectivity index (χ0v) is 20.6. The number of benzene rings is 2. The highest BCUT2D eigenvalue weighted by Gasteiger charge is 2.34. The highest BCUT2D eigenvalue weighted by Crippen LogP contribution is 2.44. The monoisotopic (exact) mass is 460 g/mol. The van der Waals surface area contributed by atoms with Crippen LogP contribution in [-0.4, -0.2) is 11.8 Å². The van der Waals surface area contributed by atoms with Gasteiger partial charge in [-0.05, 0) is 60.8 Å². The molecule has 0 unspecified atom stereocenters. The summed E-state index contributed by atoms with van der Waals surface area (Å²) in [5, 5.41) is 6.86. The summed E-state index contributed by atoms with van der Waals surface area (Å²) in [7, 11) is 0. The molecule has 1 heterocycles. The molecular formula is C28H32N2O2S. The number of hydrogen-bond acceptors (Lipinski definition) is 3. The average molecular weight is 461 g/mol. The number of nitrogens with one attached hydrogen (secondary N) is 2. The van der Waals surface area contributed by atoms with E-state index < -0.39 is 0 Å². The lowest BCUT2D eigenvalue weighted by Crippen LogP contribution is -2.30. The SMILES string of the molecule is C[C@@H](NC(=O)c1c(NC(=O)c2ccccc2)sc2c1CC[C@H](C(C)(C)C)C2)c1ccccc1. The fraction of sp³-hybridized carbons (Fsp3) is 0.357. The molecule has 1 aromatic heterocycles. The second-order valence-corrected chi connectivity index (χ2v) is 11.0. The first-order chi connectivity index (χ1) is 15.7. The quantitative estimate of drug-likeness (QED) is 0.448. The minimum atomic E-state index is -0.188. The maximum absolute atomic E-state index is 13.5. The van der Waals surface area contributed by atoms with Gasteiger partial charge in [0, 0.05) is 10.4 Å². The van der Waals surface area contributed by atoms with E-state index in [9.17, 15) is 9.59 Å². The molecule has 172 valence electrons. The smallest absolute Gasteiger partial charge is 0.256 e. The van der Waals surface area contributed by atoms with Gasteiger partial charge in [-0.15, -0.1) is 11.3 Å². The molecule has 1 aliphatic carbocycles. The number of amides is 2. The van der Waals surface area contributed by atoms with Crippen LogP contribution in [0.25, 0.3) is 0 Å². The molecule has 0 radical (unpaired) electrons. The number of anilines is 1. The predicted molar refractivity (Wildman–Crippen MR) is 136 cm³/mol. The summed E-state index contributed by atoms with van der Waals surface area (Å²) in [6.07, 6.45) is 2.85. The standard InChI is InChI=1S/C28H32N2O2S/c1-18(19-11-7-5-8-12-19)29-26(32)24-22-16-15-21(28(2,3)4)17-23(22)33-27(24)30-25(31)20-13-9-6-10-14-20/h5-14,18,21H,15-17H2,1-4H3,(H,29,32)(H,30,31)/t18-,21+/m1/s1. The van der Waals surface area contributed by atoms with Gasteiger partial charge >= 0.3 is 0 Å². The summed E-state index contributed by atoms with van der Waals surface area (Å²) >= 11 is 1.56. The number of hydrogen-bond donors (Lipinski definition) is 2. The van der Waals surface area contributed by atoms with Gasteiger partial charge in [0.15, 0.2) is 0 Å². The summed E-state index contributed by atoms with van der Waals surface area (Å²) in [6, 6.07) is 19.0. The van der Waals surface area contributed by atoms with Gasteiger partial charge in [0.25, 0.3) is 11.8 Å². The third-order valence-corrected chi connectivity index (χ3v) is 7.80. The van der Waals surface area contributed by atoms with Crippen molar-refractivity contribution in [2.24, 2.45) is 11.3 Å². The van der Waals surface area contributed by atoms with Gasteiger partial charge in [0.05, 0.1) is 11.6 Å². The summed E-state index contributed by atoms with van der Waals surface area (Å²) in [5.41, 5.74) is 3.58. The third kappa shape index (κ3) is 5.19. The van der Waals surface area contributed by atoms with E-state index in [1.807, 2.05) is 55.5 Å². The highest BCUT2D eigenvalue weighted by atomic mass is 32.1. The molecule has 0 spiro atoms. The lowest BCUT2D eigenvalue weighted by Gasteiger charge is -2.34. The average Bonchev–Trinajstić information content (AvgIpc) is 3.16. The maximum atomic E-state index is 13.5. The Kier molecular flexibility index (Phi) is 6.71. The highest BCUT2D eigenvalue weighted by molar-refractivity contribution is 7.17. The minimum absolute atomic E-state index is 0.124. The van der Waals surface area contributed by atoms with E-state index in [4.69, 9.17) is 0 Å². The molecule has 4 rings (SSSR count). The van der Waals surface area contributed by atoms with Crippen molar-refractivity contribution in [2.45, 2.75) is 53.0 Å². The van der Waals surface area contributed by atoms with Crippen LogP contribution >= 0.6 is 11.3 Å². The molecule has 2 N–H and O–H groups in total. The van der Waals surface area contributed by atoms with Gasteiger partial charge in [0.1, 0.15) is 5.00 Å². The number of thiophene rings is 1. The Morgan fingerprint density at radius 1 is 0.970 bits per heavy atom. The molecule has 4 nitrogen and oxygen atoms in total. The molecule has 1 aliphatic rings. The van der Waals surface area contributed by atoms with Crippen molar-refractivity contribution in [2.75, 3.05) is 5.32 Å². The van der Waals surface area contributed by atoms with Crippen LogP contribution in [0.4, 0.5) is 5.00 Å². The Morgan fingerprint density at radius 2 is 1.61 bits per heavy atom. The number of fused-ring (bicyclic) bond motifs is 1. The molecule has 0 bridgehead atoms. The Hall–Kier alpha value is -2.92. The van der Waals surface area contributed by atoms with Gasteiger partial charge in [-0.3, -0.25) is 9.59 Å². The molecule has 0 saturated heterocycles. The van der Waals surface area contributed by atoms with Gasteiger partial charge < -0.3 is 10.6 Å². The summed E-state index contributed by atoms with van der Waals surface area (Å²) in [6.45, 7) is 8.83. The number of rotatable bonds is 5. The second kappa shape index (κ2) is 9.52. The minimum Gasteiger partial charge on any atom is -0.345 e. The maximum Gasteiger partial charge on any atom is 0.256 e. The van der Waals surface area contributed by atoms with Crippen molar-refractivity contribution in [3.63, 3.8) is 0 Å². The van der Waals surface area contributed by atoms with Crippen LogP contribution in [0.5, 0.6) is 0 Å². The first kappa shape index (κ1) is 23.2. The zero-order chi connectivity index (χ0) is 23.6. The molecule has 0 fully saturated rings. The van der Waals surface area contributed by atoms with Crippen molar-refractivity contribution in [1.29, 1.82) is 0 Å². The molecule has 0 saturated carbocycles. The molecule has 3 aromatic rings. The first-order valence-corrected chi connectivity index (χ1v) is 12.4. The van der Waals surface area contributed by atoms with Gasteiger partial charge in [-0.1, -0.05) is 69.3 Å². The van der Waals surface area contributed by atoms with E-state index >= 15 is 0 Å². The number of carbonyl (C=O) groups excluding carboxylic acids is 2. The number of carbonyl (C=O) groups is 2. The van der Waals surface area contributed by atoms with Crippen LogP contribution < -0.4 is 10.6 Å². The normalized spacial score (nSPS) is 16.5. The largest absolute Gasteiger partial charge is 0.345 e. The lowest BCUT2D eigenvalue weighted by atomic mass is 9.72. The van der Waals surface area contributed by atoms with Crippen molar-refractivity contribution < 1.29 is 9.59 Å². The lowest BCUT2D eigenvalue weighted by molar-refractivity contribution is 0.0939. The Bertz CT molecular complexity index is 1130. The molecule has 0 aliphatic heterocycles. The van der Waals surface area contributed by atoms with Crippen molar-refractivity contribution in [1.82, 2.24) is 5.32 Å². The summed E-state index contributed by atoms with van der Waals surface area (Å²) < 4.78 is 0. The van der Waals surface area contributed by atoms with E-state index in [2.05, 4.69) is 31.4 Å². The Balaban J connectivity index is 1.65. The van der Waals surface area contributed by atoms with Crippen molar-refractivity contribution in [3.8, 4) is 0 Å². The molecule has 33 heavy (non-hydrogen) atoms. The molecular weight excluding hydrogens is 428 g/mol. The van der Waals surface area contributed by atoms with Crippen molar-refractivity contribution in [3.05, 3.63) is 87.8 Å². The summed E-state index contributed by atoms with van der Waals surface area (Å²) in [4.78, 5) is 27.7. The van der Waals surface area contributed by atoms with Crippen molar-refractivity contribution >= 4 is 28.2 Å². The van der Waals surface area contributed by atoms with Crippen LogP contribution in [0.2, 0.25) is 0 Å². The molecule has 2 amide bonds. The van der Waals surface area contributed by atoms with Crippen LogP contribution in [0.3, 0.4) is 0 Å². The van der Waals surface area contributed by atoms with E-state index in [0.29, 0.717) is 22.0 Å². The van der Waals surface area contributed by atoms with Gasteiger partial charge in [-0.2, -0.15) is 0 Å². The topological polar surface area (TPSA) is 58.2 Å². The third-order valence-electron chi connectivity index (χ3n) is 6.63. The fourth-order valence-corrected chi connectivity index (χ4v) is 5.83. The van der Waals surface area contributed by atoms with Crippen LogP contribution in [0.1, 0.15) is 76.9 Å². The van der Waals surface area contributed by atoms with Gasteiger partial charge in [0.2, 0.25) is 0 Å². The second-order valence-electron chi connectivity index (χ2n) is 9.94. The van der Waals surface area contributed by atoms with E-state index in [1.54, 1.807) is 23.5 Å². The van der Waals surface area contributed by atoms with Crippen LogP contribution in [-0.2, 0) is 12.8 Å². The Labute approximate surface area is 200 Å². The summed E-state index contributed by atoms with van der Waals surface area (Å²) in [5.74, 6) is 0.244. The van der Waals surface area contributed by atoms with E-state index in [0.717, 1.165) is 30.4 Å². The van der Waals surface area contributed by atoms with Crippen LogP contribution in [0, 0.1) is 11.3 Å². The first-order valence-electron chi connectivity index (χ1n) is 11.6. The molecule has 5 heteroatoms.